The van der Waals surface area contributed by atoms with Gasteiger partial charge in [-0.2, -0.15) is 0 Å². The smallest absolute Gasteiger partial charge is 0.267 e. The Hall–Kier alpha value is -2.70. The minimum absolute atomic E-state index is 0.115. The summed E-state index contributed by atoms with van der Waals surface area (Å²) in [6.45, 7) is 4.40. The summed E-state index contributed by atoms with van der Waals surface area (Å²) in [4.78, 5) is 23.3. The van der Waals surface area contributed by atoms with Crippen molar-refractivity contribution in [1.82, 2.24) is 15.0 Å². The largest absolute Gasteiger partial charge is 0.382 e. The summed E-state index contributed by atoms with van der Waals surface area (Å²) in [5, 5.41) is 8.04. The van der Waals surface area contributed by atoms with Crippen molar-refractivity contribution >= 4 is 11.6 Å². The van der Waals surface area contributed by atoms with Gasteiger partial charge >= 0.3 is 0 Å². The third kappa shape index (κ3) is 3.45. The molecule has 1 aliphatic heterocycles. The Morgan fingerprint density at radius 2 is 2.12 bits per heavy atom. The zero-order valence-electron chi connectivity index (χ0n) is 14.0. The van der Waals surface area contributed by atoms with Crippen LogP contribution in [0, 0.1) is 5.92 Å². The molecule has 0 aromatic carbocycles. The molecule has 0 N–H and O–H groups in total. The standard InChI is InChI=1S/C17H20N4O3/c1-11(2)14-9-16(24-19-14)17(22)21(3)10-13-8-15(20-23-13)12-4-6-18-7-5-12/h4-8,11,16H,9-10H2,1-3H3. The molecule has 0 saturated heterocycles. The maximum atomic E-state index is 12.5. The SMILES string of the molecule is CC(C)C1=NOC(C(=O)N(C)Cc2cc(-c3ccncc3)no2)C1. The first-order valence-electron chi connectivity index (χ1n) is 7.88. The summed E-state index contributed by atoms with van der Waals surface area (Å²) in [6.07, 6.45) is 3.39. The fourth-order valence-electron chi connectivity index (χ4n) is 2.47. The van der Waals surface area contributed by atoms with Crippen molar-refractivity contribution in [3.63, 3.8) is 0 Å². The van der Waals surface area contributed by atoms with Gasteiger partial charge in [0, 0.05) is 37.5 Å². The molecule has 0 spiro atoms. The quantitative estimate of drug-likeness (QED) is 0.842. The van der Waals surface area contributed by atoms with Crippen LogP contribution in [0.15, 0.2) is 40.3 Å². The van der Waals surface area contributed by atoms with Crippen LogP contribution in [0.4, 0.5) is 0 Å². The third-order valence-electron chi connectivity index (χ3n) is 3.94. The van der Waals surface area contributed by atoms with E-state index >= 15 is 0 Å². The van der Waals surface area contributed by atoms with E-state index in [0.29, 0.717) is 18.7 Å². The number of carbonyl (C=O) groups is 1. The number of hydrogen-bond acceptors (Lipinski definition) is 6. The van der Waals surface area contributed by atoms with E-state index < -0.39 is 6.10 Å². The number of oxime groups is 1. The van der Waals surface area contributed by atoms with Crippen LogP contribution in [0.3, 0.4) is 0 Å². The van der Waals surface area contributed by atoms with Crippen LogP contribution in [-0.2, 0) is 16.2 Å². The van der Waals surface area contributed by atoms with Crippen molar-refractivity contribution in [1.29, 1.82) is 0 Å². The van der Waals surface area contributed by atoms with Crippen molar-refractivity contribution in [2.75, 3.05) is 7.05 Å². The van der Waals surface area contributed by atoms with Gasteiger partial charge in [0.2, 0.25) is 6.10 Å². The van der Waals surface area contributed by atoms with Crippen LogP contribution in [0.5, 0.6) is 0 Å². The lowest BCUT2D eigenvalue weighted by atomic mass is 10.0. The lowest BCUT2D eigenvalue weighted by Gasteiger charge is -2.18. The van der Waals surface area contributed by atoms with E-state index in [1.807, 2.05) is 32.0 Å². The van der Waals surface area contributed by atoms with E-state index in [-0.39, 0.29) is 11.8 Å². The molecule has 126 valence electrons. The molecule has 24 heavy (non-hydrogen) atoms. The van der Waals surface area contributed by atoms with Gasteiger partial charge in [0.25, 0.3) is 5.91 Å². The highest BCUT2D eigenvalue weighted by Crippen LogP contribution is 2.21. The molecule has 3 rings (SSSR count). The van der Waals surface area contributed by atoms with Crippen LogP contribution < -0.4 is 0 Å². The average Bonchev–Trinajstić information content (AvgIpc) is 3.24. The first-order chi connectivity index (χ1) is 11.5. The molecule has 2 aromatic heterocycles. The molecule has 1 aliphatic rings. The molecule has 7 nitrogen and oxygen atoms in total. The number of aromatic nitrogens is 2. The van der Waals surface area contributed by atoms with Gasteiger partial charge in [0.1, 0.15) is 5.69 Å². The third-order valence-corrected chi connectivity index (χ3v) is 3.94. The Balaban J connectivity index is 1.60. The summed E-state index contributed by atoms with van der Waals surface area (Å²) >= 11 is 0. The number of carbonyl (C=O) groups excluding carboxylic acids is 1. The lowest BCUT2D eigenvalue weighted by Crippen LogP contribution is -2.36. The monoisotopic (exact) mass is 328 g/mol. The normalized spacial score (nSPS) is 16.8. The van der Waals surface area contributed by atoms with E-state index in [2.05, 4.69) is 15.3 Å². The van der Waals surface area contributed by atoms with Gasteiger partial charge in [0.15, 0.2) is 5.76 Å². The second-order valence-electron chi connectivity index (χ2n) is 6.14. The van der Waals surface area contributed by atoms with Crippen molar-refractivity contribution < 1.29 is 14.2 Å². The van der Waals surface area contributed by atoms with E-state index in [1.54, 1.807) is 24.3 Å². The van der Waals surface area contributed by atoms with Crippen LogP contribution in [0.2, 0.25) is 0 Å². The van der Waals surface area contributed by atoms with Gasteiger partial charge in [-0.05, 0) is 18.1 Å². The van der Waals surface area contributed by atoms with E-state index in [0.717, 1.165) is 17.0 Å². The highest BCUT2D eigenvalue weighted by molar-refractivity contribution is 5.93. The maximum absolute atomic E-state index is 12.5. The molecule has 0 bridgehead atoms. The van der Waals surface area contributed by atoms with Crippen LogP contribution in [0.1, 0.15) is 26.0 Å². The lowest BCUT2D eigenvalue weighted by molar-refractivity contribution is -0.141. The second-order valence-corrected chi connectivity index (χ2v) is 6.14. The number of hydrogen-bond donors (Lipinski definition) is 0. The molecule has 1 atom stereocenters. The molecular weight excluding hydrogens is 308 g/mol. The highest BCUT2D eigenvalue weighted by atomic mass is 16.6. The van der Waals surface area contributed by atoms with Gasteiger partial charge < -0.3 is 14.3 Å². The van der Waals surface area contributed by atoms with Crippen molar-refractivity contribution in [2.45, 2.75) is 32.9 Å². The first-order valence-corrected chi connectivity index (χ1v) is 7.88. The molecular formula is C17H20N4O3. The summed E-state index contributed by atoms with van der Waals surface area (Å²) in [6, 6.07) is 5.53. The zero-order valence-corrected chi connectivity index (χ0v) is 14.0. The molecule has 1 amide bonds. The molecule has 0 saturated carbocycles. The summed E-state index contributed by atoms with van der Waals surface area (Å²) in [5.74, 6) is 0.780. The van der Waals surface area contributed by atoms with E-state index in [4.69, 9.17) is 9.36 Å². The number of amides is 1. The summed E-state index contributed by atoms with van der Waals surface area (Å²) in [5.41, 5.74) is 2.56. The van der Waals surface area contributed by atoms with Gasteiger partial charge in [-0.3, -0.25) is 9.78 Å². The summed E-state index contributed by atoms with van der Waals surface area (Å²) in [7, 11) is 1.72. The van der Waals surface area contributed by atoms with Gasteiger partial charge in [-0.25, -0.2) is 0 Å². The minimum atomic E-state index is -0.546. The Bertz CT molecular complexity index is 739. The fraction of sp³-hybridized carbons (Fsp3) is 0.412. The Morgan fingerprint density at radius 1 is 1.38 bits per heavy atom. The first kappa shape index (κ1) is 16.2. The number of nitrogens with zero attached hydrogens (tertiary/aromatic N) is 4. The van der Waals surface area contributed by atoms with Crippen LogP contribution in [-0.4, -0.2) is 39.8 Å². The average molecular weight is 328 g/mol. The molecule has 0 fully saturated rings. The Kier molecular flexibility index (Phi) is 4.59. The minimum Gasteiger partial charge on any atom is -0.382 e. The van der Waals surface area contributed by atoms with Gasteiger partial charge in [-0.1, -0.05) is 24.2 Å². The molecule has 2 aromatic rings. The topological polar surface area (TPSA) is 80.8 Å². The summed E-state index contributed by atoms with van der Waals surface area (Å²) < 4.78 is 5.33. The number of pyridine rings is 1. The predicted octanol–water partition coefficient (Wildman–Crippen LogP) is 2.50. The zero-order chi connectivity index (χ0) is 17.1. The highest BCUT2D eigenvalue weighted by Gasteiger charge is 2.31. The molecule has 7 heteroatoms. The fourth-order valence-corrected chi connectivity index (χ4v) is 2.47. The number of rotatable bonds is 5. The van der Waals surface area contributed by atoms with Crippen LogP contribution >= 0.6 is 0 Å². The van der Waals surface area contributed by atoms with Crippen molar-refractivity contribution in [3.8, 4) is 11.3 Å². The van der Waals surface area contributed by atoms with E-state index in [1.165, 1.54) is 0 Å². The predicted molar refractivity (Wildman–Crippen MR) is 88.0 cm³/mol. The van der Waals surface area contributed by atoms with Crippen molar-refractivity contribution in [3.05, 3.63) is 36.4 Å². The maximum Gasteiger partial charge on any atom is 0.267 e. The van der Waals surface area contributed by atoms with E-state index in [9.17, 15) is 4.79 Å². The molecule has 3 heterocycles. The van der Waals surface area contributed by atoms with Gasteiger partial charge in [-0.15, -0.1) is 0 Å². The molecule has 1 unspecified atom stereocenters. The van der Waals surface area contributed by atoms with Crippen molar-refractivity contribution in [2.24, 2.45) is 11.1 Å². The van der Waals surface area contributed by atoms with Gasteiger partial charge in [0.05, 0.1) is 12.3 Å². The number of likely N-dealkylation sites (N-methyl/N-ethyl adjacent to an activating group) is 1. The molecule has 0 aliphatic carbocycles. The van der Waals surface area contributed by atoms with Crippen LogP contribution in [0.25, 0.3) is 11.3 Å². The Labute approximate surface area is 140 Å². The Morgan fingerprint density at radius 3 is 2.79 bits per heavy atom. The molecule has 0 radical (unpaired) electrons. The second kappa shape index (κ2) is 6.82.